The van der Waals surface area contributed by atoms with Crippen molar-refractivity contribution < 1.29 is 4.74 Å². The first kappa shape index (κ1) is 12.9. The molecule has 0 amide bonds. The second-order valence-electron chi connectivity index (χ2n) is 4.52. The summed E-state index contributed by atoms with van der Waals surface area (Å²) in [6, 6.07) is 0.704. The highest BCUT2D eigenvalue weighted by Crippen LogP contribution is 2.11. The van der Waals surface area contributed by atoms with E-state index in [9.17, 15) is 0 Å². The Hall–Kier alpha value is -0.120. The normalized spacial score (nSPS) is 25.4. The minimum Gasteiger partial charge on any atom is -0.376 e. The molecular weight excluding hydrogens is 188 g/mol. The predicted molar refractivity (Wildman–Crippen MR) is 64.2 cm³/mol. The van der Waals surface area contributed by atoms with E-state index < -0.39 is 0 Å². The van der Waals surface area contributed by atoms with Crippen molar-refractivity contribution in [2.75, 3.05) is 32.8 Å². The molecule has 1 heterocycles. The zero-order valence-corrected chi connectivity index (χ0v) is 10.5. The van der Waals surface area contributed by atoms with Gasteiger partial charge in [-0.2, -0.15) is 0 Å². The number of nitrogens with zero attached hydrogens (tertiary/aromatic N) is 1. The number of ether oxygens (including phenoxy) is 1. The average molecular weight is 214 g/mol. The van der Waals surface area contributed by atoms with E-state index in [4.69, 9.17) is 4.74 Å². The van der Waals surface area contributed by atoms with Gasteiger partial charge in [0, 0.05) is 19.1 Å². The average Bonchev–Trinajstić information content (AvgIpc) is 2.24. The fraction of sp³-hybridized carbons (Fsp3) is 1.00. The Bertz CT molecular complexity index is 164. The van der Waals surface area contributed by atoms with Gasteiger partial charge in [-0.15, -0.1) is 0 Å². The van der Waals surface area contributed by atoms with Crippen molar-refractivity contribution >= 4 is 0 Å². The lowest BCUT2D eigenvalue weighted by Gasteiger charge is -2.35. The number of nitrogens with one attached hydrogen (secondary N) is 1. The molecule has 0 aromatic carbocycles. The fourth-order valence-corrected chi connectivity index (χ4v) is 2.13. The third kappa shape index (κ3) is 4.96. The molecule has 1 aliphatic heterocycles. The molecule has 0 aromatic rings. The second-order valence-corrected chi connectivity index (χ2v) is 4.52. The smallest absolute Gasteiger partial charge is 0.0674 e. The van der Waals surface area contributed by atoms with E-state index in [0.717, 1.165) is 32.8 Å². The first-order chi connectivity index (χ1) is 7.24. The highest BCUT2D eigenvalue weighted by atomic mass is 16.5. The summed E-state index contributed by atoms with van der Waals surface area (Å²) in [4.78, 5) is 2.56. The number of morpholine rings is 1. The van der Waals surface area contributed by atoms with Gasteiger partial charge in [-0.25, -0.2) is 0 Å². The molecule has 90 valence electrons. The highest BCUT2D eigenvalue weighted by molar-refractivity contribution is 4.73. The molecule has 3 heteroatoms. The number of hydrogen-bond donors (Lipinski definition) is 1. The summed E-state index contributed by atoms with van der Waals surface area (Å²) in [6.45, 7) is 12.0. The van der Waals surface area contributed by atoms with E-state index in [1.165, 1.54) is 12.8 Å². The van der Waals surface area contributed by atoms with Crippen molar-refractivity contribution in [3.05, 3.63) is 0 Å². The quantitative estimate of drug-likeness (QED) is 0.678. The van der Waals surface area contributed by atoms with Gasteiger partial charge in [0.15, 0.2) is 0 Å². The molecule has 0 spiro atoms. The molecule has 0 bridgehead atoms. The van der Waals surface area contributed by atoms with Gasteiger partial charge < -0.3 is 10.1 Å². The molecular formula is C12H26N2O. The van der Waals surface area contributed by atoms with Crippen LogP contribution in [-0.4, -0.2) is 49.8 Å². The first-order valence-electron chi connectivity index (χ1n) is 6.30. The van der Waals surface area contributed by atoms with Gasteiger partial charge in [-0.05, 0) is 39.8 Å². The SMILES string of the molecule is CCNCCCC(C)N1CCOC(C)C1. The van der Waals surface area contributed by atoms with E-state index >= 15 is 0 Å². The van der Waals surface area contributed by atoms with Gasteiger partial charge in [0.1, 0.15) is 0 Å². The van der Waals surface area contributed by atoms with Crippen LogP contribution in [0.3, 0.4) is 0 Å². The molecule has 2 atom stereocenters. The third-order valence-electron chi connectivity index (χ3n) is 3.12. The fourth-order valence-electron chi connectivity index (χ4n) is 2.13. The summed E-state index contributed by atoms with van der Waals surface area (Å²) >= 11 is 0. The lowest BCUT2D eigenvalue weighted by molar-refractivity contribution is -0.0326. The monoisotopic (exact) mass is 214 g/mol. The Morgan fingerprint density at radius 1 is 1.53 bits per heavy atom. The molecule has 0 aliphatic carbocycles. The Kier molecular flexibility index (Phi) is 6.22. The molecule has 1 saturated heterocycles. The molecule has 1 N–H and O–H groups in total. The van der Waals surface area contributed by atoms with Crippen LogP contribution in [0.1, 0.15) is 33.6 Å². The Morgan fingerprint density at radius 2 is 2.33 bits per heavy atom. The zero-order valence-electron chi connectivity index (χ0n) is 10.5. The molecule has 3 nitrogen and oxygen atoms in total. The van der Waals surface area contributed by atoms with Crippen molar-refractivity contribution in [3.8, 4) is 0 Å². The van der Waals surface area contributed by atoms with Crippen LogP contribution < -0.4 is 5.32 Å². The van der Waals surface area contributed by atoms with Crippen LogP contribution in [-0.2, 0) is 4.74 Å². The summed E-state index contributed by atoms with van der Waals surface area (Å²) in [5, 5.41) is 3.37. The highest BCUT2D eigenvalue weighted by Gasteiger charge is 2.20. The van der Waals surface area contributed by atoms with Crippen molar-refractivity contribution in [1.82, 2.24) is 10.2 Å². The number of rotatable bonds is 6. The molecule has 1 rings (SSSR count). The van der Waals surface area contributed by atoms with Crippen molar-refractivity contribution in [3.63, 3.8) is 0 Å². The molecule has 1 aliphatic rings. The van der Waals surface area contributed by atoms with Crippen molar-refractivity contribution in [2.24, 2.45) is 0 Å². The Balaban J connectivity index is 2.12. The summed E-state index contributed by atoms with van der Waals surface area (Å²) in [5.41, 5.74) is 0. The van der Waals surface area contributed by atoms with E-state index in [1.807, 2.05) is 0 Å². The van der Waals surface area contributed by atoms with Gasteiger partial charge in [0.05, 0.1) is 12.7 Å². The molecule has 0 aromatic heterocycles. The number of hydrogen-bond acceptors (Lipinski definition) is 3. The van der Waals surface area contributed by atoms with Crippen LogP contribution >= 0.6 is 0 Å². The lowest BCUT2D eigenvalue weighted by atomic mass is 10.1. The van der Waals surface area contributed by atoms with E-state index in [0.29, 0.717) is 12.1 Å². The topological polar surface area (TPSA) is 24.5 Å². The maximum absolute atomic E-state index is 5.55. The zero-order chi connectivity index (χ0) is 11.1. The van der Waals surface area contributed by atoms with Crippen LogP contribution in [0.2, 0.25) is 0 Å². The predicted octanol–water partition coefficient (Wildman–Crippen LogP) is 1.49. The maximum Gasteiger partial charge on any atom is 0.0674 e. The summed E-state index contributed by atoms with van der Waals surface area (Å²) < 4.78 is 5.55. The minimum atomic E-state index is 0.412. The van der Waals surface area contributed by atoms with Gasteiger partial charge in [-0.3, -0.25) is 4.90 Å². The Labute approximate surface area is 94.2 Å². The summed E-state index contributed by atoms with van der Waals surface area (Å²) in [5.74, 6) is 0. The standard InChI is InChI=1S/C12H26N2O/c1-4-13-7-5-6-11(2)14-8-9-15-12(3)10-14/h11-13H,4-10H2,1-3H3. The van der Waals surface area contributed by atoms with Gasteiger partial charge >= 0.3 is 0 Å². The van der Waals surface area contributed by atoms with Crippen LogP contribution in [0.5, 0.6) is 0 Å². The van der Waals surface area contributed by atoms with E-state index in [2.05, 4.69) is 31.0 Å². The first-order valence-corrected chi connectivity index (χ1v) is 6.30. The summed E-state index contributed by atoms with van der Waals surface area (Å²) in [7, 11) is 0. The van der Waals surface area contributed by atoms with E-state index in [1.54, 1.807) is 0 Å². The van der Waals surface area contributed by atoms with Gasteiger partial charge in [-0.1, -0.05) is 6.92 Å². The van der Waals surface area contributed by atoms with Crippen molar-refractivity contribution in [2.45, 2.75) is 45.8 Å². The van der Waals surface area contributed by atoms with E-state index in [-0.39, 0.29) is 0 Å². The molecule has 2 unspecified atom stereocenters. The van der Waals surface area contributed by atoms with Crippen molar-refractivity contribution in [1.29, 1.82) is 0 Å². The second kappa shape index (κ2) is 7.20. The van der Waals surface area contributed by atoms with Crippen LogP contribution in [0.25, 0.3) is 0 Å². The van der Waals surface area contributed by atoms with Crippen LogP contribution in [0, 0.1) is 0 Å². The molecule has 0 radical (unpaired) electrons. The van der Waals surface area contributed by atoms with Gasteiger partial charge in [0.25, 0.3) is 0 Å². The van der Waals surface area contributed by atoms with Crippen LogP contribution in [0.4, 0.5) is 0 Å². The van der Waals surface area contributed by atoms with Gasteiger partial charge in [0.2, 0.25) is 0 Å². The Morgan fingerprint density at radius 3 is 3.00 bits per heavy atom. The maximum atomic E-state index is 5.55. The minimum absolute atomic E-state index is 0.412. The van der Waals surface area contributed by atoms with Crippen LogP contribution in [0.15, 0.2) is 0 Å². The largest absolute Gasteiger partial charge is 0.376 e. The third-order valence-corrected chi connectivity index (χ3v) is 3.12. The molecule has 15 heavy (non-hydrogen) atoms. The summed E-state index contributed by atoms with van der Waals surface area (Å²) in [6.07, 6.45) is 2.98. The molecule has 1 fully saturated rings. The lowest BCUT2D eigenvalue weighted by Crippen LogP contribution is -2.45. The molecule has 0 saturated carbocycles.